The summed E-state index contributed by atoms with van der Waals surface area (Å²) in [6.45, 7) is 0. The van der Waals surface area contributed by atoms with Gasteiger partial charge in [-0.15, -0.1) is 34.8 Å². The molecule has 0 unspecified atom stereocenters. The van der Waals surface area contributed by atoms with Gasteiger partial charge in [-0.1, -0.05) is 42.5 Å². The quantitative estimate of drug-likeness (QED) is 0.647. The molecular formula is C15H13Cl3. The zero-order chi connectivity index (χ0) is 13.0. The fraction of sp³-hybridized carbons (Fsp3) is 0.200. The smallest absolute Gasteiger partial charge is 0.0480 e. The van der Waals surface area contributed by atoms with E-state index in [0.717, 1.165) is 27.8 Å². The predicted octanol–water partition coefficient (Wildman–Crippen LogP) is 5.57. The summed E-state index contributed by atoms with van der Waals surface area (Å²) in [6, 6.07) is 14.3. The highest BCUT2D eigenvalue weighted by Gasteiger charge is 2.09. The molecule has 18 heavy (non-hydrogen) atoms. The van der Waals surface area contributed by atoms with Crippen molar-refractivity contribution in [2.75, 3.05) is 0 Å². The third kappa shape index (κ3) is 2.83. The lowest BCUT2D eigenvalue weighted by Crippen LogP contribution is -1.92. The molecule has 3 heteroatoms. The second-order valence-corrected chi connectivity index (χ2v) is 4.85. The van der Waals surface area contributed by atoms with E-state index < -0.39 is 0 Å². The molecule has 0 nitrogen and oxygen atoms in total. The van der Waals surface area contributed by atoms with Gasteiger partial charge in [0.1, 0.15) is 0 Å². The Kier molecular flexibility index (Phi) is 4.94. The standard InChI is InChI=1S/C15H13Cl3/c16-8-11-5-6-15(13(7-11)10-18)14-4-2-1-3-12(14)9-17/h1-7H,8-10H2. The topological polar surface area (TPSA) is 0 Å². The van der Waals surface area contributed by atoms with Crippen LogP contribution < -0.4 is 0 Å². The average molecular weight is 300 g/mol. The van der Waals surface area contributed by atoms with Gasteiger partial charge < -0.3 is 0 Å². The number of rotatable bonds is 4. The molecule has 0 fully saturated rings. The molecule has 0 heterocycles. The minimum atomic E-state index is 0.469. The van der Waals surface area contributed by atoms with Gasteiger partial charge in [0.05, 0.1) is 0 Å². The first-order valence-corrected chi connectivity index (χ1v) is 7.28. The molecule has 0 aliphatic heterocycles. The summed E-state index contributed by atoms with van der Waals surface area (Å²) in [5.74, 6) is 1.47. The molecule has 2 aromatic rings. The molecule has 2 aromatic carbocycles. The number of benzene rings is 2. The van der Waals surface area contributed by atoms with Crippen LogP contribution in [-0.2, 0) is 17.6 Å². The van der Waals surface area contributed by atoms with Crippen LogP contribution in [0, 0.1) is 0 Å². The van der Waals surface area contributed by atoms with Gasteiger partial charge in [0.2, 0.25) is 0 Å². The van der Waals surface area contributed by atoms with Crippen molar-refractivity contribution in [3.8, 4) is 11.1 Å². The van der Waals surface area contributed by atoms with E-state index >= 15 is 0 Å². The van der Waals surface area contributed by atoms with Crippen molar-refractivity contribution in [2.45, 2.75) is 17.6 Å². The zero-order valence-electron chi connectivity index (χ0n) is 9.80. The molecule has 0 aliphatic rings. The van der Waals surface area contributed by atoms with Gasteiger partial charge in [-0.25, -0.2) is 0 Å². The Morgan fingerprint density at radius 1 is 0.667 bits per heavy atom. The molecule has 0 radical (unpaired) electrons. The molecule has 0 bridgehead atoms. The van der Waals surface area contributed by atoms with Crippen LogP contribution >= 0.6 is 34.8 Å². The van der Waals surface area contributed by atoms with Crippen LogP contribution in [0.25, 0.3) is 11.1 Å². The largest absolute Gasteiger partial charge is 0.122 e. The van der Waals surface area contributed by atoms with Crippen LogP contribution in [0.2, 0.25) is 0 Å². The molecule has 0 amide bonds. The van der Waals surface area contributed by atoms with Crippen LogP contribution in [0.3, 0.4) is 0 Å². The third-order valence-electron chi connectivity index (χ3n) is 2.92. The van der Waals surface area contributed by atoms with Crippen molar-refractivity contribution in [3.63, 3.8) is 0 Å². The fourth-order valence-electron chi connectivity index (χ4n) is 2.00. The number of alkyl halides is 3. The Balaban J connectivity index is 2.56. The summed E-state index contributed by atoms with van der Waals surface area (Å²) in [5, 5.41) is 0. The second-order valence-electron chi connectivity index (χ2n) is 4.05. The second kappa shape index (κ2) is 6.47. The van der Waals surface area contributed by atoms with E-state index in [4.69, 9.17) is 34.8 Å². The molecular weight excluding hydrogens is 287 g/mol. The maximum Gasteiger partial charge on any atom is 0.0480 e. The molecule has 0 aromatic heterocycles. The third-order valence-corrected chi connectivity index (χ3v) is 3.80. The van der Waals surface area contributed by atoms with Gasteiger partial charge in [0.25, 0.3) is 0 Å². The van der Waals surface area contributed by atoms with Gasteiger partial charge in [-0.05, 0) is 27.8 Å². The first-order valence-electron chi connectivity index (χ1n) is 5.68. The molecule has 94 valence electrons. The Morgan fingerprint density at radius 3 is 2.00 bits per heavy atom. The summed E-state index contributed by atoms with van der Waals surface area (Å²) in [6.07, 6.45) is 0. The fourth-order valence-corrected chi connectivity index (χ4v) is 2.62. The van der Waals surface area contributed by atoms with Crippen molar-refractivity contribution in [3.05, 3.63) is 59.2 Å². The predicted molar refractivity (Wildman–Crippen MR) is 80.5 cm³/mol. The van der Waals surface area contributed by atoms with E-state index in [1.165, 1.54) is 0 Å². The lowest BCUT2D eigenvalue weighted by molar-refractivity contribution is 1.30. The maximum atomic E-state index is 6.03. The zero-order valence-corrected chi connectivity index (χ0v) is 12.1. The van der Waals surface area contributed by atoms with Gasteiger partial charge in [0.15, 0.2) is 0 Å². The van der Waals surface area contributed by atoms with Crippen LogP contribution in [0.5, 0.6) is 0 Å². The van der Waals surface area contributed by atoms with E-state index in [9.17, 15) is 0 Å². The first-order chi connectivity index (χ1) is 8.80. The van der Waals surface area contributed by atoms with Gasteiger partial charge in [-0.3, -0.25) is 0 Å². The summed E-state index contributed by atoms with van der Waals surface area (Å²) in [5.41, 5.74) is 5.57. The SMILES string of the molecule is ClCc1ccc(-c2ccccc2CCl)c(CCl)c1. The Hall–Kier alpha value is -0.690. The Morgan fingerprint density at radius 2 is 1.33 bits per heavy atom. The van der Waals surface area contributed by atoms with Crippen molar-refractivity contribution < 1.29 is 0 Å². The van der Waals surface area contributed by atoms with Crippen LogP contribution in [-0.4, -0.2) is 0 Å². The van der Waals surface area contributed by atoms with Gasteiger partial charge >= 0.3 is 0 Å². The molecule has 0 saturated carbocycles. The molecule has 0 aliphatic carbocycles. The number of hydrogen-bond acceptors (Lipinski definition) is 0. The monoisotopic (exact) mass is 298 g/mol. The minimum Gasteiger partial charge on any atom is -0.122 e. The van der Waals surface area contributed by atoms with Crippen LogP contribution in [0.4, 0.5) is 0 Å². The molecule has 0 atom stereocenters. The highest BCUT2D eigenvalue weighted by molar-refractivity contribution is 6.18. The molecule has 0 saturated heterocycles. The summed E-state index contributed by atoms with van der Waals surface area (Å²) in [7, 11) is 0. The Bertz CT molecular complexity index is 535. The van der Waals surface area contributed by atoms with E-state index in [0.29, 0.717) is 17.6 Å². The van der Waals surface area contributed by atoms with Crippen LogP contribution in [0.15, 0.2) is 42.5 Å². The lowest BCUT2D eigenvalue weighted by atomic mass is 9.95. The van der Waals surface area contributed by atoms with Crippen molar-refractivity contribution in [2.24, 2.45) is 0 Å². The van der Waals surface area contributed by atoms with Gasteiger partial charge in [-0.2, -0.15) is 0 Å². The van der Waals surface area contributed by atoms with E-state index in [2.05, 4.69) is 18.2 Å². The van der Waals surface area contributed by atoms with Crippen molar-refractivity contribution in [1.29, 1.82) is 0 Å². The summed E-state index contributed by atoms with van der Waals surface area (Å²) in [4.78, 5) is 0. The van der Waals surface area contributed by atoms with Crippen LogP contribution in [0.1, 0.15) is 16.7 Å². The van der Waals surface area contributed by atoms with Gasteiger partial charge in [0, 0.05) is 17.6 Å². The Labute approximate surface area is 122 Å². The summed E-state index contributed by atoms with van der Waals surface area (Å²) < 4.78 is 0. The van der Waals surface area contributed by atoms with Crippen molar-refractivity contribution in [1.82, 2.24) is 0 Å². The lowest BCUT2D eigenvalue weighted by Gasteiger charge is -2.12. The first kappa shape index (κ1) is 13.7. The number of halogens is 3. The number of hydrogen-bond donors (Lipinski definition) is 0. The van der Waals surface area contributed by atoms with E-state index in [-0.39, 0.29) is 0 Å². The van der Waals surface area contributed by atoms with E-state index in [1.807, 2.05) is 24.3 Å². The highest BCUT2D eigenvalue weighted by atomic mass is 35.5. The van der Waals surface area contributed by atoms with Crippen molar-refractivity contribution >= 4 is 34.8 Å². The maximum absolute atomic E-state index is 6.03. The van der Waals surface area contributed by atoms with E-state index in [1.54, 1.807) is 0 Å². The summed E-state index contributed by atoms with van der Waals surface area (Å²) >= 11 is 17.9. The highest BCUT2D eigenvalue weighted by Crippen LogP contribution is 2.30. The molecule has 2 rings (SSSR count). The minimum absolute atomic E-state index is 0.469. The molecule has 0 N–H and O–H groups in total. The normalized spacial score (nSPS) is 10.6. The molecule has 0 spiro atoms. The average Bonchev–Trinajstić information content (AvgIpc) is 2.46.